The lowest BCUT2D eigenvalue weighted by Crippen LogP contribution is -2.56. The maximum Gasteiger partial charge on any atom is 0.331 e. The molecule has 2 rings (SSSR count). The molecule has 1 saturated heterocycles. The van der Waals surface area contributed by atoms with Crippen molar-refractivity contribution in [2.45, 2.75) is 50.7 Å². The van der Waals surface area contributed by atoms with Crippen LogP contribution >= 0.6 is 0 Å². The van der Waals surface area contributed by atoms with Gasteiger partial charge in [0.15, 0.2) is 5.54 Å². The van der Waals surface area contributed by atoms with Gasteiger partial charge in [-0.15, -0.1) is 0 Å². The molecule has 0 radical (unpaired) electrons. The quantitative estimate of drug-likeness (QED) is 0.845. The Morgan fingerprint density at radius 3 is 2.62 bits per heavy atom. The smallest absolute Gasteiger partial charge is 0.331 e. The zero-order valence-corrected chi connectivity index (χ0v) is 13.2. The van der Waals surface area contributed by atoms with E-state index in [1.165, 1.54) is 13.5 Å². The standard InChI is InChI=1S/C17H26N2O2/c1-4-15-11-10-13(2)19(15)12-17(18,16(20)21-3)14-8-6-5-7-9-14/h5-9,13,15H,4,10-12,18H2,1-3H3. The van der Waals surface area contributed by atoms with E-state index in [1.807, 2.05) is 30.3 Å². The van der Waals surface area contributed by atoms with Crippen LogP contribution in [0.4, 0.5) is 0 Å². The number of hydrogen-bond donors (Lipinski definition) is 1. The van der Waals surface area contributed by atoms with E-state index in [-0.39, 0.29) is 5.97 Å². The van der Waals surface area contributed by atoms with Gasteiger partial charge in [-0.2, -0.15) is 0 Å². The second-order valence-electron chi connectivity index (χ2n) is 5.99. The summed E-state index contributed by atoms with van der Waals surface area (Å²) in [5, 5.41) is 0. The summed E-state index contributed by atoms with van der Waals surface area (Å²) >= 11 is 0. The Morgan fingerprint density at radius 2 is 2.05 bits per heavy atom. The van der Waals surface area contributed by atoms with Crippen molar-refractivity contribution in [3.63, 3.8) is 0 Å². The molecule has 116 valence electrons. The van der Waals surface area contributed by atoms with Gasteiger partial charge in [0.2, 0.25) is 0 Å². The Bertz CT molecular complexity index is 477. The number of likely N-dealkylation sites (tertiary alicyclic amines) is 1. The van der Waals surface area contributed by atoms with Crippen LogP contribution in [0, 0.1) is 0 Å². The van der Waals surface area contributed by atoms with E-state index in [1.54, 1.807) is 0 Å². The monoisotopic (exact) mass is 290 g/mol. The molecular weight excluding hydrogens is 264 g/mol. The molecular formula is C17H26N2O2. The molecule has 0 saturated carbocycles. The number of hydrogen-bond acceptors (Lipinski definition) is 4. The number of methoxy groups -OCH3 is 1. The highest BCUT2D eigenvalue weighted by Crippen LogP contribution is 2.30. The normalized spacial score (nSPS) is 25.5. The van der Waals surface area contributed by atoms with Gasteiger partial charge in [0.05, 0.1) is 7.11 Å². The molecule has 1 aliphatic rings. The van der Waals surface area contributed by atoms with Crippen molar-refractivity contribution < 1.29 is 9.53 Å². The molecule has 0 aliphatic carbocycles. The minimum absolute atomic E-state index is 0.373. The largest absolute Gasteiger partial charge is 0.467 e. The van der Waals surface area contributed by atoms with Crippen molar-refractivity contribution in [3.05, 3.63) is 35.9 Å². The summed E-state index contributed by atoms with van der Waals surface area (Å²) in [6.45, 7) is 4.90. The zero-order chi connectivity index (χ0) is 15.5. The molecule has 0 bridgehead atoms. The zero-order valence-electron chi connectivity index (χ0n) is 13.2. The summed E-state index contributed by atoms with van der Waals surface area (Å²) < 4.78 is 4.99. The predicted octanol–water partition coefficient (Wildman–Crippen LogP) is 2.28. The minimum atomic E-state index is -1.11. The first kappa shape index (κ1) is 16.0. The van der Waals surface area contributed by atoms with Gasteiger partial charge >= 0.3 is 5.97 Å². The van der Waals surface area contributed by atoms with E-state index in [4.69, 9.17) is 10.5 Å². The maximum absolute atomic E-state index is 12.3. The van der Waals surface area contributed by atoms with Crippen LogP contribution < -0.4 is 5.73 Å². The number of ether oxygens (including phenoxy) is 1. The highest BCUT2D eigenvalue weighted by Gasteiger charge is 2.42. The molecule has 3 unspecified atom stereocenters. The molecule has 0 amide bonds. The van der Waals surface area contributed by atoms with E-state index in [0.29, 0.717) is 18.6 Å². The van der Waals surface area contributed by atoms with Crippen LogP contribution in [0.25, 0.3) is 0 Å². The highest BCUT2D eigenvalue weighted by atomic mass is 16.5. The van der Waals surface area contributed by atoms with Crippen LogP contribution in [0.15, 0.2) is 30.3 Å². The lowest BCUT2D eigenvalue weighted by molar-refractivity contribution is -0.148. The fraction of sp³-hybridized carbons (Fsp3) is 0.588. The van der Waals surface area contributed by atoms with E-state index >= 15 is 0 Å². The average Bonchev–Trinajstić information content (AvgIpc) is 2.87. The van der Waals surface area contributed by atoms with Gasteiger partial charge in [-0.3, -0.25) is 4.90 Å². The van der Waals surface area contributed by atoms with Crippen LogP contribution in [0.2, 0.25) is 0 Å². The van der Waals surface area contributed by atoms with E-state index in [9.17, 15) is 4.79 Å². The van der Waals surface area contributed by atoms with Crippen molar-refractivity contribution in [2.75, 3.05) is 13.7 Å². The molecule has 1 aliphatic heterocycles. The number of benzene rings is 1. The van der Waals surface area contributed by atoms with Gasteiger partial charge < -0.3 is 10.5 Å². The third kappa shape index (κ3) is 3.11. The van der Waals surface area contributed by atoms with Crippen LogP contribution in [0.5, 0.6) is 0 Å². The Labute approximate surface area is 127 Å². The number of esters is 1. The number of nitrogens with zero attached hydrogens (tertiary/aromatic N) is 1. The molecule has 0 spiro atoms. The summed E-state index contributed by atoms with van der Waals surface area (Å²) in [6, 6.07) is 10.5. The van der Waals surface area contributed by atoms with Crippen molar-refractivity contribution in [3.8, 4) is 0 Å². The van der Waals surface area contributed by atoms with Crippen molar-refractivity contribution in [1.82, 2.24) is 4.90 Å². The third-order valence-corrected chi connectivity index (χ3v) is 4.69. The lowest BCUT2D eigenvalue weighted by Gasteiger charge is -2.36. The van der Waals surface area contributed by atoms with Crippen molar-refractivity contribution in [1.29, 1.82) is 0 Å². The van der Waals surface area contributed by atoms with Gasteiger partial charge in [-0.25, -0.2) is 4.79 Å². The molecule has 2 N–H and O–H groups in total. The fourth-order valence-electron chi connectivity index (χ4n) is 3.33. The van der Waals surface area contributed by atoms with E-state index in [2.05, 4.69) is 18.7 Å². The Hall–Kier alpha value is -1.39. The van der Waals surface area contributed by atoms with Gasteiger partial charge in [0, 0.05) is 18.6 Å². The second-order valence-corrected chi connectivity index (χ2v) is 5.99. The van der Waals surface area contributed by atoms with Crippen molar-refractivity contribution in [2.24, 2.45) is 5.73 Å². The molecule has 1 fully saturated rings. The molecule has 0 aromatic heterocycles. The van der Waals surface area contributed by atoms with Gasteiger partial charge in [-0.1, -0.05) is 37.3 Å². The molecule has 1 aromatic carbocycles. The Kier molecular flexibility index (Phi) is 5.01. The number of carbonyl (C=O) groups excluding carboxylic acids is 1. The number of nitrogens with two attached hydrogens (primary N) is 1. The molecule has 1 aromatic rings. The highest BCUT2D eigenvalue weighted by molar-refractivity contribution is 5.82. The van der Waals surface area contributed by atoms with Crippen LogP contribution in [0.3, 0.4) is 0 Å². The van der Waals surface area contributed by atoms with Gasteiger partial charge in [-0.05, 0) is 31.7 Å². The van der Waals surface area contributed by atoms with E-state index in [0.717, 1.165) is 18.4 Å². The first-order valence-corrected chi connectivity index (χ1v) is 7.71. The average molecular weight is 290 g/mol. The van der Waals surface area contributed by atoms with Crippen LogP contribution in [-0.4, -0.2) is 36.6 Å². The minimum Gasteiger partial charge on any atom is -0.467 e. The van der Waals surface area contributed by atoms with E-state index < -0.39 is 5.54 Å². The summed E-state index contributed by atoms with van der Waals surface area (Å²) in [6.07, 6.45) is 3.41. The Morgan fingerprint density at radius 1 is 1.38 bits per heavy atom. The predicted molar refractivity (Wildman–Crippen MR) is 83.8 cm³/mol. The SMILES string of the molecule is CCC1CCC(C)N1CC(N)(C(=O)OC)c1ccccc1. The lowest BCUT2D eigenvalue weighted by atomic mass is 9.89. The van der Waals surface area contributed by atoms with Crippen molar-refractivity contribution >= 4 is 5.97 Å². The maximum atomic E-state index is 12.3. The molecule has 1 heterocycles. The second kappa shape index (κ2) is 6.58. The Balaban J connectivity index is 2.31. The molecule has 3 atom stereocenters. The van der Waals surface area contributed by atoms with Gasteiger partial charge in [0.1, 0.15) is 0 Å². The van der Waals surface area contributed by atoms with Crippen LogP contribution in [-0.2, 0) is 15.1 Å². The molecule has 4 heteroatoms. The first-order chi connectivity index (χ1) is 10.0. The summed E-state index contributed by atoms with van der Waals surface area (Å²) in [5.41, 5.74) is 6.22. The van der Waals surface area contributed by atoms with Crippen LogP contribution in [0.1, 0.15) is 38.7 Å². The summed E-state index contributed by atoms with van der Waals surface area (Å²) in [4.78, 5) is 14.7. The molecule has 21 heavy (non-hydrogen) atoms. The topological polar surface area (TPSA) is 55.6 Å². The number of carbonyl (C=O) groups is 1. The first-order valence-electron chi connectivity index (χ1n) is 7.71. The fourth-order valence-corrected chi connectivity index (χ4v) is 3.33. The molecule has 4 nitrogen and oxygen atoms in total. The van der Waals surface area contributed by atoms with Gasteiger partial charge in [0.25, 0.3) is 0 Å². The number of rotatable bonds is 5. The third-order valence-electron chi connectivity index (χ3n) is 4.69. The summed E-state index contributed by atoms with van der Waals surface area (Å²) in [5.74, 6) is -0.373. The summed E-state index contributed by atoms with van der Waals surface area (Å²) in [7, 11) is 1.40.